The van der Waals surface area contributed by atoms with E-state index < -0.39 is 10.0 Å². The van der Waals surface area contributed by atoms with Gasteiger partial charge in [-0.15, -0.1) is 0 Å². The normalized spacial score (nSPS) is 16.9. The number of benzene rings is 1. The molecule has 1 aromatic carbocycles. The molecule has 0 bridgehead atoms. The molecule has 144 valence electrons. The predicted molar refractivity (Wildman–Crippen MR) is 104 cm³/mol. The quantitative estimate of drug-likeness (QED) is 0.791. The fourth-order valence-corrected chi connectivity index (χ4v) is 4.56. The number of carbonyl (C=O) groups is 1. The topological polar surface area (TPSA) is 70.6 Å². The van der Waals surface area contributed by atoms with Crippen LogP contribution in [0.5, 0.6) is 0 Å². The minimum atomic E-state index is -3.55. The summed E-state index contributed by atoms with van der Waals surface area (Å²) in [5, 5.41) is 0. The highest BCUT2D eigenvalue weighted by Crippen LogP contribution is 2.23. The molecule has 0 aliphatic carbocycles. The average molecular weight is 388 g/mol. The molecule has 1 atom stereocenters. The molecule has 1 saturated heterocycles. The van der Waals surface area contributed by atoms with Gasteiger partial charge in [-0.1, -0.05) is 32.0 Å². The Morgan fingerprint density at radius 3 is 2.30 bits per heavy atom. The van der Waals surface area contributed by atoms with Crippen LogP contribution in [-0.2, 0) is 10.0 Å². The summed E-state index contributed by atoms with van der Waals surface area (Å²) in [5.41, 5.74) is 1.52. The number of hydrogen-bond donors (Lipinski definition) is 0. The van der Waals surface area contributed by atoms with Crippen LogP contribution in [0.1, 0.15) is 42.2 Å². The summed E-state index contributed by atoms with van der Waals surface area (Å²) in [7, 11) is -3.55. The van der Waals surface area contributed by atoms with E-state index in [1.807, 2.05) is 12.1 Å². The van der Waals surface area contributed by atoms with Gasteiger partial charge >= 0.3 is 0 Å². The van der Waals surface area contributed by atoms with Gasteiger partial charge in [-0.25, -0.2) is 8.42 Å². The highest BCUT2D eigenvalue weighted by Gasteiger charge is 2.30. The van der Waals surface area contributed by atoms with Crippen molar-refractivity contribution >= 4 is 15.9 Å². The van der Waals surface area contributed by atoms with E-state index in [1.54, 1.807) is 41.4 Å². The minimum Gasteiger partial charge on any atom is -0.335 e. The van der Waals surface area contributed by atoms with Gasteiger partial charge in [0.1, 0.15) is 5.69 Å². The number of amides is 1. The second-order valence-electron chi connectivity index (χ2n) is 6.79. The lowest BCUT2D eigenvalue weighted by atomic mass is 9.99. The van der Waals surface area contributed by atoms with Crippen LogP contribution in [0.3, 0.4) is 0 Å². The Bertz CT molecular complexity index is 874. The Morgan fingerprint density at radius 2 is 1.74 bits per heavy atom. The van der Waals surface area contributed by atoms with E-state index in [-0.39, 0.29) is 19.0 Å². The fraction of sp³-hybridized carbons (Fsp3) is 0.400. The Morgan fingerprint density at radius 1 is 1.07 bits per heavy atom. The molecule has 0 spiro atoms. The van der Waals surface area contributed by atoms with Crippen LogP contribution >= 0.6 is 0 Å². The molecule has 2 aromatic rings. The van der Waals surface area contributed by atoms with Crippen LogP contribution in [-0.4, -0.2) is 54.7 Å². The molecule has 0 unspecified atom stereocenters. The second-order valence-corrected chi connectivity index (χ2v) is 8.73. The summed E-state index contributed by atoms with van der Waals surface area (Å²) >= 11 is 0. The predicted octanol–water partition coefficient (Wildman–Crippen LogP) is 2.74. The number of nitrogens with zero attached hydrogens (tertiary/aromatic N) is 3. The third-order valence-corrected chi connectivity index (χ3v) is 7.02. The van der Waals surface area contributed by atoms with E-state index in [4.69, 9.17) is 0 Å². The van der Waals surface area contributed by atoms with Crippen molar-refractivity contribution in [1.82, 2.24) is 14.2 Å². The summed E-state index contributed by atoms with van der Waals surface area (Å²) in [6.45, 7) is 5.53. The van der Waals surface area contributed by atoms with Gasteiger partial charge in [0.05, 0.1) is 4.90 Å². The Labute approximate surface area is 160 Å². The fourth-order valence-electron chi connectivity index (χ4n) is 3.14. The molecule has 1 aromatic heterocycles. The van der Waals surface area contributed by atoms with Gasteiger partial charge in [0.25, 0.3) is 5.91 Å². The average Bonchev–Trinajstić information content (AvgIpc) is 2.73. The first-order valence-corrected chi connectivity index (χ1v) is 10.7. The van der Waals surface area contributed by atoms with Crippen molar-refractivity contribution in [2.75, 3.05) is 26.2 Å². The van der Waals surface area contributed by atoms with E-state index in [0.29, 0.717) is 29.6 Å². The molecule has 0 saturated carbocycles. The molecule has 1 aliphatic heterocycles. The number of carbonyl (C=O) groups excluding carboxylic acids is 1. The highest BCUT2D eigenvalue weighted by atomic mass is 32.2. The van der Waals surface area contributed by atoms with Crippen molar-refractivity contribution in [2.45, 2.75) is 31.1 Å². The zero-order chi connectivity index (χ0) is 19.4. The number of piperazine rings is 1. The molecule has 6 nitrogen and oxygen atoms in total. The maximum absolute atomic E-state index is 12.9. The van der Waals surface area contributed by atoms with Gasteiger partial charge in [-0.2, -0.15) is 4.31 Å². The van der Waals surface area contributed by atoms with E-state index >= 15 is 0 Å². The number of aromatic nitrogens is 1. The molecule has 3 rings (SSSR count). The zero-order valence-corrected chi connectivity index (χ0v) is 16.5. The monoisotopic (exact) mass is 387 g/mol. The van der Waals surface area contributed by atoms with Gasteiger partial charge in [-0.05, 0) is 42.2 Å². The summed E-state index contributed by atoms with van der Waals surface area (Å²) in [4.78, 5) is 18.5. The summed E-state index contributed by atoms with van der Waals surface area (Å²) in [6, 6.07) is 12.3. The van der Waals surface area contributed by atoms with Crippen LogP contribution in [0, 0.1) is 0 Å². The van der Waals surface area contributed by atoms with E-state index in [2.05, 4.69) is 18.8 Å². The van der Waals surface area contributed by atoms with Crippen molar-refractivity contribution in [3.05, 3.63) is 59.9 Å². The van der Waals surface area contributed by atoms with Crippen LogP contribution in [0.25, 0.3) is 0 Å². The number of hydrogen-bond acceptors (Lipinski definition) is 4. The van der Waals surface area contributed by atoms with Crippen molar-refractivity contribution < 1.29 is 13.2 Å². The zero-order valence-electron chi connectivity index (χ0n) is 15.7. The first-order valence-electron chi connectivity index (χ1n) is 9.24. The molecular weight excluding hydrogens is 362 g/mol. The third kappa shape index (κ3) is 4.20. The molecule has 27 heavy (non-hydrogen) atoms. The van der Waals surface area contributed by atoms with E-state index in [0.717, 1.165) is 12.0 Å². The molecular formula is C20H25N3O3S. The van der Waals surface area contributed by atoms with E-state index in [9.17, 15) is 13.2 Å². The van der Waals surface area contributed by atoms with Crippen LogP contribution < -0.4 is 0 Å². The molecule has 0 N–H and O–H groups in total. The summed E-state index contributed by atoms with van der Waals surface area (Å²) in [6.07, 6.45) is 2.59. The molecule has 1 amide bonds. The molecule has 0 radical (unpaired) electrons. The van der Waals surface area contributed by atoms with Gasteiger partial charge in [0, 0.05) is 32.4 Å². The molecule has 2 heterocycles. The van der Waals surface area contributed by atoms with Crippen molar-refractivity contribution in [1.29, 1.82) is 0 Å². The maximum Gasteiger partial charge on any atom is 0.272 e. The third-order valence-electron chi connectivity index (χ3n) is 5.11. The molecule has 7 heteroatoms. The lowest BCUT2D eigenvalue weighted by Crippen LogP contribution is -2.50. The SMILES string of the molecule is CC[C@H](C)c1ccc(S(=O)(=O)N2CCN(C(=O)c3ccccn3)CC2)cc1. The van der Waals surface area contributed by atoms with Gasteiger partial charge < -0.3 is 4.90 Å². The Kier molecular flexibility index (Phi) is 5.92. The smallest absolute Gasteiger partial charge is 0.272 e. The standard InChI is InChI=1S/C20H25N3O3S/c1-3-16(2)17-7-9-18(10-8-17)27(25,26)23-14-12-22(13-15-23)20(24)19-6-4-5-11-21-19/h4-11,16H,3,12-15H2,1-2H3/t16-/m0/s1. The second kappa shape index (κ2) is 8.19. The minimum absolute atomic E-state index is 0.162. The summed E-state index contributed by atoms with van der Waals surface area (Å²) < 4.78 is 27.2. The maximum atomic E-state index is 12.9. The summed E-state index contributed by atoms with van der Waals surface area (Å²) in [5.74, 6) is 0.244. The Hall–Kier alpha value is -2.25. The van der Waals surface area contributed by atoms with Gasteiger partial charge in [0.2, 0.25) is 10.0 Å². The number of pyridine rings is 1. The van der Waals surface area contributed by atoms with E-state index in [1.165, 1.54) is 4.31 Å². The van der Waals surface area contributed by atoms with Crippen molar-refractivity contribution in [3.63, 3.8) is 0 Å². The Balaban J connectivity index is 1.67. The van der Waals surface area contributed by atoms with Gasteiger partial charge in [0.15, 0.2) is 0 Å². The van der Waals surface area contributed by atoms with Crippen molar-refractivity contribution in [2.24, 2.45) is 0 Å². The van der Waals surface area contributed by atoms with Crippen molar-refractivity contribution in [3.8, 4) is 0 Å². The van der Waals surface area contributed by atoms with Gasteiger partial charge in [-0.3, -0.25) is 9.78 Å². The largest absolute Gasteiger partial charge is 0.335 e. The lowest BCUT2D eigenvalue weighted by Gasteiger charge is -2.33. The molecule has 1 aliphatic rings. The first kappa shape index (κ1) is 19.5. The lowest BCUT2D eigenvalue weighted by molar-refractivity contribution is 0.0692. The number of sulfonamides is 1. The van der Waals surface area contributed by atoms with Crippen LogP contribution in [0.15, 0.2) is 53.6 Å². The first-order chi connectivity index (χ1) is 12.9. The number of rotatable bonds is 5. The molecule has 1 fully saturated rings. The van der Waals surface area contributed by atoms with Crippen LogP contribution in [0.4, 0.5) is 0 Å². The van der Waals surface area contributed by atoms with Crippen LogP contribution in [0.2, 0.25) is 0 Å². The highest BCUT2D eigenvalue weighted by molar-refractivity contribution is 7.89.